The molecule has 0 fully saturated rings. The number of hydrogen-bond acceptors (Lipinski definition) is 4. The average molecular weight is 335 g/mol. The summed E-state index contributed by atoms with van der Waals surface area (Å²) in [6.45, 7) is 4.43. The number of nitrogens with one attached hydrogen (secondary N) is 2. The van der Waals surface area contributed by atoms with E-state index in [0.717, 1.165) is 22.6 Å². The first-order valence-electron chi connectivity index (χ1n) is 8.21. The number of carbonyl (C=O) groups is 1. The lowest BCUT2D eigenvalue weighted by Crippen LogP contribution is -2.22. The van der Waals surface area contributed by atoms with E-state index >= 15 is 0 Å². The number of amides is 1. The fraction of sp³-hybridized carbons (Fsp3) is 0.211. The largest absolute Gasteiger partial charge is 0.376 e. The molecule has 0 aliphatic carbocycles. The van der Waals surface area contributed by atoms with Crippen LogP contribution >= 0.6 is 0 Å². The van der Waals surface area contributed by atoms with Crippen LogP contribution in [0.1, 0.15) is 25.3 Å². The summed E-state index contributed by atoms with van der Waals surface area (Å²) in [7, 11) is 0. The molecule has 0 saturated carbocycles. The van der Waals surface area contributed by atoms with Gasteiger partial charge in [0.25, 0.3) is 0 Å². The van der Waals surface area contributed by atoms with Gasteiger partial charge < -0.3 is 10.6 Å². The summed E-state index contributed by atoms with van der Waals surface area (Å²) in [5.74, 6) is 0.280. The second-order valence-corrected chi connectivity index (χ2v) is 6.03. The van der Waals surface area contributed by atoms with E-state index in [9.17, 15) is 4.79 Å². The number of para-hydroxylation sites is 1. The third kappa shape index (κ3) is 4.23. The van der Waals surface area contributed by atoms with Crippen molar-refractivity contribution in [3.8, 4) is 5.69 Å². The Labute approximate surface area is 146 Å². The average Bonchev–Trinajstić information content (AvgIpc) is 3.15. The van der Waals surface area contributed by atoms with Crippen LogP contribution in [-0.4, -0.2) is 27.2 Å². The maximum absolute atomic E-state index is 12.2. The van der Waals surface area contributed by atoms with E-state index in [1.807, 2.05) is 48.5 Å². The molecule has 128 valence electrons. The van der Waals surface area contributed by atoms with Gasteiger partial charge in [-0.1, -0.05) is 32.0 Å². The van der Waals surface area contributed by atoms with Crippen molar-refractivity contribution in [2.75, 3.05) is 17.2 Å². The van der Waals surface area contributed by atoms with E-state index in [0.29, 0.717) is 5.92 Å². The van der Waals surface area contributed by atoms with E-state index in [-0.39, 0.29) is 12.5 Å². The summed E-state index contributed by atoms with van der Waals surface area (Å²) in [6.07, 6.45) is 3.13. The van der Waals surface area contributed by atoms with Gasteiger partial charge in [0.2, 0.25) is 5.91 Å². The molecule has 2 aromatic carbocycles. The van der Waals surface area contributed by atoms with Gasteiger partial charge in [0, 0.05) is 11.4 Å². The van der Waals surface area contributed by atoms with Crippen LogP contribution in [0, 0.1) is 0 Å². The van der Waals surface area contributed by atoms with Gasteiger partial charge in [-0.2, -0.15) is 5.10 Å². The number of nitrogens with zero attached hydrogens (tertiary/aromatic N) is 3. The lowest BCUT2D eigenvalue weighted by Gasteiger charge is -2.14. The zero-order valence-electron chi connectivity index (χ0n) is 14.3. The number of benzene rings is 2. The van der Waals surface area contributed by atoms with Crippen LogP contribution in [0.15, 0.2) is 61.2 Å². The fourth-order valence-electron chi connectivity index (χ4n) is 2.56. The van der Waals surface area contributed by atoms with Crippen LogP contribution in [-0.2, 0) is 4.79 Å². The molecule has 3 rings (SSSR count). The lowest BCUT2D eigenvalue weighted by atomic mass is 10.0. The maximum Gasteiger partial charge on any atom is 0.243 e. The first-order chi connectivity index (χ1) is 12.1. The molecule has 1 aromatic heterocycles. The summed E-state index contributed by atoms with van der Waals surface area (Å²) in [4.78, 5) is 16.1. The number of rotatable bonds is 6. The zero-order chi connectivity index (χ0) is 17.6. The van der Waals surface area contributed by atoms with Crippen LogP contribution in [0.3, 0.4) is 0 Å². The number of anilines is 2. The van der Waals surface area contributed by atoms with Crippen molar-refractivity contribution < 1.29 is 4.79 Å². The molecule has 1 amide bonds. The number of hydrogen-bond donors (Lipinski definition) is 2. The molecular weight excluding hydrogens is 314 g/mol. The zero-order valence-corrected chi connectivity index (χ0v) is 14.3. The predicted octanol–water partition coefficient (Wildman–Crippen LogP) is 3.44. The van der Waals surface area contributed by atoms with E-state index in [2.05, 4.69) is 34.6 Å². The molecule has 3 aromatic rings. The van der Waals surface area contributed by atoms with Gasteiger partial charge in [-0.25, -0.2) is 9.67 Å². The summed E-state index contributed by atoms with van der Waals surface area (Å²) in [5, 5.41) is 10.2. The number of carbonyl (C=O) groups excluding carboxylic acids is 1. The van der Waals surface area contributed by atoms with E-state index in [4.69, 9.17) is 0 Å². The van der Waals surface area contributed by atoms with E-state index in [1.54, 1.807) is 11.0 Å². The normalized spacial score (nSPS) is 10.7. The molecule has 0 spiro atoms. The van der Waals surface area contributed by atoms with Crippen LogP contribution < -0.4 is 10.6 Å². The minimum atomic E-state index is -0.0755. The molecule has 0 atom stereocenters. The second-order valence-electron chi connectivity index (χ2n) is 6.03. The van der Waals surface area contributed by atoms with Crippen molar-refractivity contribution in [3.05, 3.63) is 66.7 Å². The first kappa shape index (κ1) is 16.7. The van der Waals surface area contributed by atoms with Crippen LogP contribution in [0.2, 0.25) is 0 Å². The van der Waals surface area contributed by atoms with Crippen molar-refractivity contribution in [2.24, 2.45) is 0 Å². The molecule has 0 bridgehead atoms. The van der Waals surface area contributed by atoms with Gasteiger partial charge in [0.05, 0.1) is 12.2 Å². The first-order valence-corrected chi connectivity index (χ1v) is 8.21. The Hall–Kier alpha value is -3.15. The van der Waals surface area contributed by atoms with Gasteiger partial charge in [-0.05, 0) is 41.8 Å². The van der Waals surface area contributed by atoms with Gasteiger partial charge in [0.15, 0.2) is 0 Å². The molecule has 1 heterocycles. The van der Waals surface area contributed by atoms with Gasteiger partial charge in [0.1, 0.15) is 12.7 Å². The Balaban J connectivity index is 1.58. The van der Waals surface area contributed by atoms with Crippen LogP contribution in [0.4, 0.5) is 11.4 Å². The highest BCUT2D eigenvalue weighted by atomic mass is 16.1. The lowest BCUT2D eigenvalue weighted by molar-refractivity contribution is -0.114. The topological polar surface area (TPSA) is 71.8 Å². The molecule has 6 heteroatoms. The Kier molecular flexibility index (Phi) is 5.09. The van der Waals surface area contributed by atoms with Crippen LogP contribution in [0.25, 0.3) is 5.69 Å². The molecule has 0 unspecified atom stereocenters. The summed E-state index contributed by atoms with van der Waals surface area (Å²) < 4.78 is 1.68. The quantitative estimate of drug-likeness (QED) is 0.724. The van der Waals surface area contributed by atoms with Crippen molar-refractivity contribution >= 4 is 17.3 Å². The molecular formula is C19H21N5O. The van der Waals surface area contributed by atoms with Gasteiger partial charge >= 0.3 is 0 Å². The van der Waals surface area contributed by atoms with Crippen molar-refractivity contribution in [3.63, 3.8) is 0 Å². The third-order valence-corrected chi connectivity index (χ3v) is 3.86. The maximum atomic E-state index is 12.2. The Morgan fingerprint density at radius 1 is 1.12 bits per heavy atom. The van der Waals surface area contributed by atoms with Crippen LogP contribution in [0.5, 0.6) is 0 Å². The highest BCUT2D eigenvalue weighted by Crippen LogP contribution is 2.23. The van der Waals surface area contributed by atoms with Gasteiger partial charge in [-0.3, -0.25) is 4.79 Å². The molecule has 6 nitrogen and oxygen atoms in total. The predicted molar refractivity (Wildman–Crippen MR) is 99.0 cm³/mol. The summed E-state index contributed by atoms with van der Waals surface area (Å²) in [5.41, 5.74) is 3.79. The molecule has 25 heavy (non-hydrogen) atoms. The molecule has 0 saturated heterocycles. The van der Waals surface area contributed by atoms with E-state index < -0.39 is 0 Å². The smallest absolute Gasteiger partial charge is 0.243 e. The highest BCUT2D eigenvalue weighted by Gasteiger charge is 2.09. The second kappa shape index (κ2) is 7.61. The SMILES string of the molecule is CC(C)c1ccccc1NC(=O)CNc1ccc(-n2cncn2)cc1. The summed E-state index contributed by atoms with van der Waals surface area (Å²) >= 11 is 0. The third-order valence-electron chi connectivity index (χ3n) is 3.86. The fourth-order valence-corrected chi connectivity index (χ4v) is 2.56. The minimum Gasteiger partial charge on any atom is -0.376 e. The number of aromatic nitrogens is 3. The Bertz CT molecular complexity index is 825. The molecule has 0 aliphatic heterocycles. The summed E-state index contributed by atoms with van der Waals surface area (Å²) in [6, 6.07) is 15.5. The monoisotopic (exact) mass is 335 g/mol. The Morgan fingerprint density at radius 2 is 1.88 bits per heavy atom. The molecule has 0 radical (unpaired) electrons. The van der Waals surface area contributed by atoms with Gasteiger partial charge in [-0.15, -0.1) is 0 Å². The minimum absolute atomic E-state index is 0.0755. The van der Waals surface area contributed by atoms with Crippen molar-refractivity contribution in [1.29, 1.82) is 0 Å². The van der Waals surface area contributed by atoms with E-state index in [1.165, 1.54) is 6.33 Å². The standard InChI is InChI=1S/C19H21N5O/c1-14(2)17-5-3-4-6-18(17)23-19(25)11-21-15-7-9-16(10-8-15)24-13-20-12-22-24/h3-10,12-14,21H,11H2,1-2H3,(H,23,25). The highest BCUT2D eigenvalue weighted by molar-refractivity contribution is 5.94. The van der Waals surface area contributed by atoms with Crippen molar-refractivity contribution in [2.45, 2.75) is 19.8 Å². The Morgan fingerprint density at radius 3 is 2.56 bits per heavy atom. The molecule has 0 aliphatic rings. The molecule has 2 N–H and O–H groups in total. The van der Waals surface area contributed by atoms with Crippen molar-refractivity contribution in [1.82, 2.24) is 14.8 Å².